The molecule has 3 nitrogen and oxygen atoms in total. The summed E-state index contributed by atoms with van der Waals surface area (Å²) in [6.45, 7) is 5.27. The fraction of sp³-hybridized carbons (Fsp3) is 0.917. The van der Waals surface area contributed by atoms with Gasteiger partial charge in [-0.3, -0.25) is 9.69 Å². The van der Waals surface area contributed by atoms with E-state index < -0.39 is 0 Å². The van der Waals surface area contributed by atoms with Crippen molar-refractivity contribution < 1.29 is 4.79 Å². The van der Waals surface area contributed by atoms with Crippen LogP contribution in [0.5, 0.6) is 0 Å². The van der Waals surface area contributed by atoms with Crippen molar-refractivity contribution in [2.75, 3.05) is 19.6 Å². The Kier molecular flexibility index (Phi) is 3.62. The number of hydrogen-bond donors (Lipinski definition) is 1. The number of rotatable bonds is 5. The summed E-state index contributed by atoms with van der Waals surface area (Å²) in [5.41, 5.74) is 0. The minimum Gasteiger partial charge on any atom is -0.354 e. The van der Waals surface area contributed by atoms with Gasteiger partial charge in [0.05, 0.1) is 6.04 Å². The first-order valence-electron chi connectivity index (χ1n) is 6.33. The summed E-state index contributed by atoms with van der Waals surface area (Å²) >= 11 is 0. The van der Waals surface area contributed by atoms with Gasteiger partial charge in [0.15, 0.2) is 0 Å². The smallest absolute Gasteiger partial charge is 0.237 e. The third-order valence-corrected chi connectivity index (χ3v) is 3.44. The molecular weight excluding hydrogens is 188 g/mol. The van der Waals surface area contributed by atoms with Crippen LogP contribution in [-0.4, -0.2) is 36.5 Å². The number of carbonyl (C=O) groups is 1. The van der Waals surface area contributed by atoms with Gasteiger partial charge in [0.1, 0.15) is 0 Å². The normalized spacial score (nSPS) is 26.9. The molecule has 2 fully saturated rings. The monoisotopic (exact) mass is 210 g/mol. The summed E-state index contributed by atoms with van der Waals surface area (Å²) < 4.78 is 0. The largest absolute Gasteiger partial charge is 0.354 e. The quantitative estimate of drug-likeness (QED) is 0.743. The van der Waals surface area contributed by atoms with Crippen LogP contribution in [-0.2, 0) is 4.79 Å². The Bertz CT molecular complexity index is 226. The molecule has 0 aromatic heterocycles. The molecule has 2 rings (SSSR count). The Hall–Kier alpha value is -0.570. The van der Waals surface area contributed by atoms with Crippen LogP contribution in [0.2, 0.25) is 0 Å². The zero-order valence-electron chi connectivity index (χ0n) is 9.67. The van der Waals surface area contributed by atoms with Gasteiger partial charge in [-0.2, -0.15) is 0 Å². The van der Waals surface area contributed by atoms with Gasteiger partial charge in [-0.1, -0.05) is 6.92 Å². The fourth-order valence-electron chi connectivity index (χ4n) is 2.36. The lowest BCUT2D eigenvalue weighted by Gasteiger charge is -2.22. The van der Waals surface area contributed by atoms with E-state index in [2.05, 4.69) is 17.1 Å². The van der Waals surface area contributed by atoms with Crippen molar-refractivity contribution >= 4 is 5.91 Å². The molecule has 86 valence electrons. The van der Waals surface area contributed by atoms with Gasteiger partial charge in [0.25, 0.3) is 0 Å². The van der Waals surface area contributed by atoms with E-state index in [0.29, 0.717) is 0 Å². The molecule has 1 aliphatic heterocycles. The van der Waals surface area contributed by atoms with Gasteiger partial charge in [-0.05, 0) is 51.1 Å². The van der Waals surface area contributed by atoms with Crippen LogP contribution in [0.4, 0.5) is 0 Å². The van der Waals surface area contributed by atoms with Crippen LogP contribution in [0, 0.1) is 5.92 Å². The molecule has 0 spiro atoms. The lowest BCUT2D eigenvalue weighted by Crippen LogP contribution is -2.44. The highest BCUT2D eigenvalue weighted by Gasteiger charge is 2.31. The molecule has 3 heteroatoms. The number of nitrogens with zero attached hydrogens (tertiary/aromatic N) is 1. The summed E-state index contributed by atoms with van der Waals surface area (Å²) in [4.78, 5) is 14.2. The molecule has 0 radical (unpaired) electrons. The summed E-state index contributed by atoms with van der Waals surface area (Å²) in [5, 5.41) is 3.09. The van der Waals surface area contributed by atoms with Gasteiger partial charge in [-0.25, -0.2) is 0 Å². The maximum absolute atomic E-state index is 11.9. The third kappa shape index (κ3) is 2.94. The van der Waals surface area contributed by atoms with Gasteiger partial charge in [-0.15, -0.1) is 0 Å². The van der Waals surface area contributed by atoms with E-state index in [-0.39, 0.29) is 11.9 Å². The Labute approximate surface area is 92.2 Å². The lowest BCUT2D eigenvalue weighted by atomic mass is 10.2. The summed E-state index contributed by atoms with van der Waals surface area (Å²) in [6.07, 6.45) is 6.00. The van der Waals surface area contributed by atoms with Crippen molar-refractivity contribution in [2.45, 2.75) is 45.1 Å². The van der Waals surface area contributed by atoms with Crippen molar-refractivity contribution in [3.63, 3.8) is 0 Å². The molecule has 1 saturated carbocycles. The zero-order valence-corrected chi connectivity index (χ0v) is 9.67. The second-order valence-corrected chi connectivity index (χ2v) is 4.88. The van der Waals surface area contributed by atoms with Gasteiger partial charge in [0.2, 0.25) is 5.91 Å². The van der Waals surface area contributed by atoms with Gasteiger partial charge in [0, 0.05) is 6.54 Å². The number of amides is 1. The van der Waals surface area contributed by atoms with Crippen LogP contribution >= 0.6 is 0 Å². The fourth-order valence-corrected chi connectivity index (χ4v) is 2.36. The molecule has 0 bridgehead atoms. The Morgan fingerprint density at radius 3 is 2.87 bits per heavy atom. The average molecular weight is 210 g/mol. The molecule has 0 aromatic carbocycles. The van der Waals surface area contributed by atoms with Crippen molar-refractivity contribution in [1.82, 2.24) is 10.2 Å². The molecule has 1 heterocycles. The summed E-state index contributed by atoms with van der Waals surface area (Å²) in [5.74, 6) is 1.06. The van der Waals surface area contributed by atoms with Gasteiger partial charge < -0.3 is 5.32 Å². The summed E-state index contributed by atoms with van der Waals surface area (Å²) in [6, 6.07) is 0.170. The molecule has 1 atom stereocenters. The third-order valence-electron chi connectivity index (χ3n) is 3.44. The average Bonchev–Trinajstić information content (AvgIpc) is 2.95. The second-order valence-electron chi connectivity index (χ2n) is 4.88. The highest BCUT2D eigenvalue weighted by Crippen LogP contribution is 2.27. The van der Waals surface area contributed by atoms with E-state index in [1.807, 2.05) is 0 Å². The number of likely N-dealkylation sites (tertiary alicyclic amines) is 1. The molecule has 0 aromatic rings. The molecule has 1 aliphatic carbocycles. The maximum Gasteiger partial charge on any atom is 0.237 e. The van der Waals surface area contributed by atoms with Crippen LogP contribution in [0.3, 0.4) is 0 Å². The minimum atomic E-state index is 0.170. The number of carbonyl (C=O) groups excluding carboxylic acids is 1. The number of nitrogens with one attached hydrogen (secondary N) is 1. The Morgan fingerprint density at radius 1 is 1.40 bits per heavy atom. The Morgan fingerprint density at radius 2 is 2.20 bits per heavy atom. The molecule has 15 heavy (non-hydrogen) atoms. The highest BCUT2D eigenvalue weighted by atomic mass is 16.2. The van der Waals surface area contributed by atoms with Crippen LogP contribution < -0.4 is 5.32 Å². The zero-order chi connectivity index (χ0) is 10.7. The van der Waals surface area contributed by atoms with E-state index in [1.54, 1.807) is 0 Å². The minimum absolute atomic E-state index is 0.170. The van der Waals surface area contributed by atoms with Crippen LogP contribution in [0.25, 0.3) is 0 Å². The first-order chi connectivity index (χ1) is 7.31. The first kappa shape index (κ1) is 10.9. The first-order valence-corrected chi connectivity index (χ1v) is 6.33. The molecular formula is C12H22N2O. The molecule has 1 N–H and O–H groups in total. The molecule has 1 unspecified atom stereocenters. The van der Waals surface area contributed by atoms with E-state index >= 15 is 0 Å². The molecule has 2 aliphatic rings. The summed E-state index contributed by atoms with van der Waals surface area (Å²) in [7, 11) is 0. The van der Waals surface area contributed by atoms with Crippen molar-refractivity contribution in [2.24, 2.45) is 5.92 Å². The van der Waals surface area contributed by atoms with E-state index in [1.165, 1.54) is 19.3 Å². The Balaban J connectivity index is 1.76. The molecule has 1 saturated heterocycles. The highest BCUT2D eigenvalue weighted by molar-refractivity contribution is 5.82. The van der Waals surface area contributed by atoms with E-state index in [4.69, 9.17) is 0 Å². The van der Waals surface area contributed by atoms with Crippen LogP contribution in [0.15, 0.2) is 0 Å². The maximum atomic E-state index is 11.9. The van der Waals surface area contributed by atoms with E-state index in [0.717, 1.165) is 38.4 Å². The van der Waals surface area contributed by atoms with E-state index in [9.17, 15) is 4.79 Å². The van der Waals surface area contributed by atoms with Crippen molar-refractivity contribution in [1.29, 1.82) is 0 Å². The van der Waals surface area contributed by atoms with Crippen LogP contribution in [0.1, 0.15) is 39.0 Å². The van der Waals surface area contributed by atoms with Crippen molar-refractivity contribution in [3.05, 3.63) is 0 Å². The molecule has 1 amide bonds. The number of hydrogen-bond acceptors (Lipinski definition) is 2. The second kappa shape index (κ2) is 4.97. The van der Waals surface area contributed by atoms with Gasteiger partial charge >= 0.3 is 0 Å². The lowest BCUT2D eigenvalue weighted by molar-refractivity contribution is -0.125. The predicted molar refractivity (Wildman–Crippen MR) is 60.6 cm³/mol. The predicted octanol–water partition coefficient (Wildman–Crippen LogP) is 1.39. The van der Waals surface area contributed by atoms with Crippen molar-refractivity contribution in [3.8, 4) is 0 Å². The standard InChI is InChI=1S/C12H22N2O/c1-2-7-14-8-3-4-11(14)12(15)13-9-10-5-6-10/h10-11H,2-9H2,1H3,(H,13,15). The topological polar surface area (TPSA) is 32.3 Å². The SMILES string of the molecule is CCCN1CCCC1C(=O)NCC1CC1.